The number of thioether (sulfide) groups is 1. The van der Waals surface area contributed by atoms with E-state index in [0.29, 0.717) is 12.8 Å². The minimum absolute atomic E-state index is 0.117. The van der Waals surface area contributed by atoms with Crippen molar-refractivity contribution in [3.05, 3.63) is 18.4 Å². The molecule has 0 radical (unpaired) electrons. The van der Waals surface area contributed by atoms with E-state index < -0.39 is 0 Å². The highest BCUT2D eigenvalue weighted by Crippen LogP contribution is 2.32. The summed E-state index contributed by atoms with van der Waals surface area (Å²) >= 11 is 1.34. The van der Waals surface area contributed by atoms with Gasteiger partial charge in [0.15, 0.2) is 5.12 Å². The first-order valence-electron chi connectivity index (χ1n) is 4.68. The molecule has 0 aromatic heterocycles. The van der Waals surface area contributed by atoms with Crippen LogP contribution in [-0.4, -0.2) is 16.1 Å². The van der Waals surface area contributed by atoms with Crippen molar-refractivity contribution in [3.63, 3.8) is 0 Å². The Morgan fingerprint density at radius 3 is 3.00 bits per heavy atom. The zero-order valence-electron chi connectivity index (χ0n) is 8.29. The number of hydrogen-bond donors (Lipinski definition) is 0. The first-order chi connectivity index (χ1) is 6.63. The zero-order chi connectivity index (χ0) is 10.6. The quantitative estimate of drug-likeness (QED) is 0.656. The van der Waals surface area contributed by atoms with Crippen LogP contribution < -0.4 is 0 Å². The van der Waals surface area contributed by atoms with E-state index >= 15 is 0 Å². The molecule has 1 aliphatic rings. The molecular weight excluding hydrogens is 196 g/mol. The molecule has 14 heavy (non-hydrogen) atoms. The number of Topliss-reactive ketones (excluding diaryl/α,β-unsaturated/α-hetero) is 1. The molecule has 2 atom stereocenters. The summed E-state index contributed by atoms with van der Waals surface area (Å²) in [7, 11) is 0. The maximum atomic E-state index is 11.2. The van der Waals surface area contributed by atoms with E-state index in [-0.39, 0.29) is 22.1 Å². The van der Waals surface area contributed by atoms with Crippen LogP contribution in [0.2, 0.25) is 0 Å². The van der Waals surface area contributed by atoms with Gasteiger partial charge >= 0.3 is 0 Å². The van der Waals surface area contributed by atoms with Crippen LogP contribution in [-0.2, 0) is 9.59 Å². The van der Waals surface area contributed by atoms with Crippen molar-refractivity contribution in [3.8, 4) is 0 Å². The molecule has 1 rings (SSSR count). The van der Waals surface area contributed by atoms with Gasteiger partial charge in [-0.05, 0) is 12.5 Å². The third-order valence-electron chi connectivity index (χ3n) is 2.30. The Labute approximate surface area is 88.4 Å². The maximum absolute atomic E-state index is 11.2. The second-order valence-electron chi connectivity index (χ2n) is 3.46. The van der Waals surface area contributed by atoms with E-state index in [2.05, 4.69) is 12.3 Å². The number of carbonyl (C=O) groups is 2. The predicted octanol–water partition coefficient (Wildman–Crippen LogP) is 2.35. The Morgan fingerprint density at radius 1 is 1.71 bits per heavy atom. The van der Waals surface area contributed by atoms with Gasteiger partial charge in [-0.2, -0.15) is 0 Å². The van der Waals surface area contributed by atoms with Gasteiger partial charge in [-0.15, -0.1) is 5.73 Å². The van der Waals surface area contributed by atoms with Gasteiger partial charge in [0, 0.05) is 30.9 Å². The van der Waals surface area contributed by atoms with Gasteiger partial charge in [0.1, 0.15) is 5.78 Å². The molecule has 2 nitrogen and oxygen atoms in total. The fourth-order valence-corrected chi connectivity index (χ4v) is 2.70. The SMILES string of the molecule is C=C=CC1CC(=O)CCC1SC(C)=O. The van der Waals surface area contributed by atoms with E-state index in [4.69, 9.17) is 0 Å². The second-order valence-corrected chi connectivity index (χ2v) is 4.88. The van der Waals surface area contributed by atoms with E-state index in [0.717, 1.165) is 6.42 Å². The van der Waals surface area contributed by atoms with Crippen molar-refractivity contribution in [2.45, 2.75) is 31.4 Å². The molecule has 3 heteroatoms. The highest BCUT2D eigenvalue weighted by atomic mass is 32.2. The fraction of sp³-hybridized carbons (Fsp3) is 0.545. The Hall–Kier alpha value is -0.790. The topological polar surface area (TPSA) is 34.1 Å². The molecule has 2 unspecified atom stereocenters. The van der Waals surface area contributed by atoms with Crippen LogP contribution in [0.3, 0.4) is 0 Å². The Bertz CT molecular complexity index is 290. The molecule has 0 aliphatic heterocycles. The van der Waals surface area contributed by atoms with Gasteiger partial charge in [-0.1, -0.05) is 18.3 Å². The molecule has 1 saturated carbocycles. The summed E-state index contributed by atoms with van der Waals surface area (Å²) in [6, 6.07) is 0. The molecule has 0 saturated heterocycles. The zero-order valence-corrected chi connectivity index (χ0v) is 9.10. The molecule has 1 fully saturated rings. The number of carbonyl (C=O) groups excluding carboxylic acids is 2. The highest BCUT2D eigenvalue weighted by molar-refractivity contribution is 8.14. The molecule has 0 heterocycles. The second kappa shape index (κ2) is 5.18. The summed E-state index contributed by atoms with van der Waals surface area (Å²) in [5.74, 6) is 0.421. The lowest BCUT2D eigenvalue weighted by molar-refractivity contribution is -0.121. The largest absolute Gasteiger partial charge is 0.300 e. The van der Waals surface area contributed by atoms with Crippen LogP contribution >= 0.6 is 11.8 Å². The van der Waals surface area contributed by atoms with Gasteiger partial charge < -0.3 is 0 Å². The molecule has 0 spiro atoms. The standard InChI is InChI=1S/C11H14O2S/c1-3-4-9-7-10(13)5-6-11(9)14-8(2)12/h4,9,11H,1,5-7H2,2H3. The van der Waals surface area contributed by atoms with Crippen molar-refractivity contribution in [1.82, 2.24) is 0 Å². The molecule has 76 valence electrons. The fourth-order valence-electron chi connectivity index (χ4n) is 1.69. The van der Waals surface area contributed by atoms with Gasteiger partial charge in [0.05, 0.1) is 0 Å². The molecule has 0 N–H and O–H groups in total. The minimum atomic E-state index is 0.117. The molecule has 0 aromatic carbocycles. The van der Waals surface area contributed by atoms with Crippen molar-refractivity contribution >= 4 is 22.7 Å². The lowest BCUT2D eigenvalue weighted by Crippen LogP contribution is -2.26. The van der Waals surface area contributed by atoms with E-state index in [1.165, 1.54) is 11.8 Å². The molecule has 0 aromatic rings. The predicted molar refractivity (Wildman–Crippen MR) is 58.1 cm³/mol. The Kier molecular flexibility index (Phi) is 4.18. The van der Waals surface area contributed by atoms with Crippen LogP contribution in [0.1, 0.15) is 26.2 Å². The van der Waals surface area contributed by atoms with Crippen molar-refractivity contribution < 1.29 is 9.59 Å². The van der Waals surface area contributed by atoms with Crippen LogP contribution in [0, 0.1) is 5.92 Å². The summed E-state index contributed by atoms with van der Waals surface area (Å²) < 4.78 is 0. The van der Waals surface area contributed by atoms with Crippen LogP contribution in [0.5, 0.6) is 0 Å². The van der Waals surface area contributed by atoms with E-state index in [1.54, 1.807) is 6.92 Å². The minimum Gasteiger partial charge on any atom is -0.300 e. The number of rotatable bonds is 2. The van der Waals surface area contributed by atoms with Gasteiger partial charge in [-0.3, -0.25) is 9.59 Å². The number of ketones is 1. The number of allylic oxidation sites excluding steroid dienone is 1. The molecule has 0 bridgehead atoms. The van der Waals surface area contributed by atoms with Gasteiger partial charge in [0.25, 0.3) is 0 Å². The summed E-state index contributed by atoms with van der Waals surface area (Å²) in [6.45, 7) is 5.07. The Morgan fingerprint density at radius 2 is 2.43 bits per heavy atom. The third-order valence-corrected chi connectivity index (χ3v) is 3.52. The molecule has 0 amide bonds. The normalized spacial score (nSPS) is 26.8. The van der Waals surface area contributed by atoms with Gasteiger partial charge in [-0.25, -0.2) is 0 Å². The monoisotopic (exact) mass is 210 g/mol. The summed E-state index contributed by atoms with van der Waals surface area (Å²) in [5, 5.41) is 0.353. The summed E-state index contributed by atoms with van der Waals surface area (Å²) in [4.78, 5) is 22.2. The number of hydrogen-bond acceptors (Lipinski definition) is 3. The summed E-state index contributed by atoms with van der Waals surface area (Å²) in [5.41, 5.74) is 2.71. The van der Waals surface area contributed by atoms with Gasteiger partial charge in [0.2, 0.25) is 0 Å². The highest BCUT2D eigenvalue weighted by Gasteiger charge is 2.28. The average molecular weight is 210 g/mol. The van der Waals surface area contributed by atoms with Crippen molar-refractivity contribution in [2.75, 3.05) is 0 Å². The van der Waals surface area contributed by atoms with Crippen LogP contribution in [0.15, 0.2) is 18.4 Å². The van der Waals surface area contributed by atoms with Crippen molar-refractivity contribution in [1.29, 1.82) is 0 Å². The summed E-state index contributed by atoms with van der Waals surface area (Å²) in [6.07, 6.45) is 3.75. The third kappa shape index (κ3) is 3.17. The first-order valence-corrected chi connectivity index (χ1v) is 5.56. The van der Waals surface area contributed by atoms with E-state index in [1.807, 2.05) is 6.08 Å². The molecular formula is C11H14O2S. The Balaban J connectivity index is 2.66. The average Bonchev–Trinajstić information content (AvgIpc) is 2.09. The maximum Gasteiger partial charge on any atom is 0.186 e. The van der Waals surface area contributed by atoms with Crippen LogP contribution in [0.25, 0.3) is 0 Å². The lowest BCUT2D eigenvalue weighted by atomic mass is 9.88. The van der Waals surface area contributed by atoms with Crippen molar-refractivity contribution in [2.24, 2.45) is 5.92 Å². The molecule has 1 aliphatic carbocycles. The van der Waals surface area contributed by atoms with Crippen LogP contribution in [0.4, 0.5) is 0 Å². The first kappa shape index (κ1) is 11.3. The smallest absolute Gasteiger partial charge is 0.186 e. The van der Waals surface area contributed by atoms with E-state index in [9.17, 15) is 9.59 Å². The lowest BCUT2D eigenvalue weighted by Gasteiger charge is -2.26.